The lowest BCUT2D eigenvalue weighted by Crippen LogP contribution is -2.29. The van der Waals surface area contributed by atoms with Crippen molar-refractivity contribution < 1.29 is 0 Å². The maximum absolute atomic E-state index is 2.59. The van der Waals surface area contributed by atoms with Crippen molar-refractivity contribution in [1.29, 1.82) is 0 Å². The summed E-state index contributed by atoms with van der Waals surface area (Å²) in [6, 6.07) is 6.94. The Morgan fingerprint density at radius 2 is 1.94 bits per heavy atom. The normalized spacial score (nSPS) is 17.0. The fourth-order valence-electron chi connectivity index (χ4n) is 3.04. The highest BCUT2D eigenvalue weighted by Gasteiger charge is 2.34. The predicted octanol–water partition coefficient (Wildman–Crippen LogP) is 4.67. The van der Waals surface area contributed by atoms with E-state index in [1.165, 1.54) is 55.6 Å². The van der Waals surface area contributed by atoms with E-state index in [4.69, 9.17) is 0 Å². The zero-order valence-electron chi connectivity index (χ0n) is 12.4. The minimum Gasteiger partial charge on any atom is -0.370 e. The van der Waals surface area contributed by atoms with Crippen LogP contribution in [0.1, 0.15) is 57.6 Å². The summed E-state index contributed by atoms with van der Waals surface area (Å²) in [7, 11) is 0. The Kier molecular flexibility index (Phi) is 3.99. The molecule has 0 radical (unpaired) electrons. The lowest BCUT2D eigenvalue weighted by molar-refractivity contribution is 0.540. The summed E-state index contributed by atoms with van der Waals surface area (Å²) in [6.07, 6.45) is 5.39. The third-order valence-electron chi connectivity index (χ3n) is 4.09. The quantitative estimate of drug-likeness (QED) is 0.681. The van der Waals surface area contributed by atoms with Crippen molar-refractivity contribution in [3.8, 4) is 0 Å². The van der Waals surface area contributed by atoms with Crippen LogP contribution in [0, 0.1) is 6.92 Å². The minimum atomic E-state index is 0.312. The van der Waals surface area contributed by atoms with Gasteiger partial charge in [0.25, 0.3) is 0 Å². The molecule has 0 unspecified atom stereocenters. The number of hydrogen-bond donors (Lipinski definition) is 0. The van der Waals surface area contributed by atoms with Crippen molar-refractivity contribution in [2.45, 2.75) is 58.8 Å². The average molecular weight is 245 g/mol. The van der Waals surface area contributed by atoms with E-state index in [2.05, 4.69) is 50.8 Å². The first kappa shape index (κ1) is 13.5. The zero-order valence-corrected chi connectivity index (χ0v) is 12.4. The fraction of sp³-hybridized carbons (Fsp3) is 0.647. The Morgan fingerprint density at radius 3 is 2.67 bits per heavy atom. The molecule has 0 N–H and O–H groups in total. The van der Waals surface area contributed by atoms with Gasteiger partial charge in [-0.2, -0.15) is 0 Å². The molecule has 0 aliphatic carbocycles. The second kappa shape index (κ2) is 5.34. The Labute approximate surface area is 112 Å². The van der Waals surface area contributed by atoms with Gasteiger partial charge in [-0.3, -0.25) is 0 Å². The number of benzene rings is 1. The van der Waals surface area contributed by atoms with Crippen LogP contribution in [-0.4, -0.2) is 13.1 Å². The first-order valence-electron chi connectivity index (χ1n) is 7.40. The molecule has 1 heteroatoms. The van der Waals surface area contributed by atoms with Crippen LogP contribution in [-0.2, 0) is 5.41 Å². The molecule has 1 heterocycles. The van der Waals surface area contributed by atoms with E-state index in [-0.39, 0.29) is 0 Å². The topological polar surface area (TPSA) is 3.24 Å². The second-order valence-electron chi connectivity index (χ2n) is 6.39. The van der Waals surface area contributed by atoms with E-state index in [9.17, 15) is 0 Å². The van der Waals surface area contributed by atoms with Gasteiger partial charge in [0.1, 0.15) is 0 Å². The van der Waals surface area contributed by atoms with Gasteiger partial charge in [0.2, 0.25) is 0 Å². The van der Waals surface area contributed by atoms with Crippen molar-refractivity contribution in [3.63, 3.8) is 0 Å². The van der Waals surface area contributed by atoms with Crippen LogP contribution in [0.3, 0.4) is 0 Å². The van der Waals surface area contributed by atoms with Crippen LogP contribution >= 0.6 is 0 Å². The Hall–Kier alpha value is -0.980. The number of hydrogen-bond acceptors (Lipinski definition) is 1. The Balaban J connectivity index is 2.08. The van der Waals surface area contributed by atoms with Crippen molar-refractivity contribution in [1.82, 2.24) is 0 Å². The Bertz CT molecular complexity index is 406. The lowest BCUT2D eigenvalue weighted by atomic mass is 9.86. The molecule has 0 saturated carbocycles. The molecule has 0 spiro atoms. The second-order valence-corrected chi connectivity index (χ2v) is 6.39. The smallest absolute Gasteiger partial charge is 0.0405 e. The van der Waals surface area contributed by atoms with Crippen LogP contribution in [0.4, 0.5) is 5.69 Å². The highest BCUT2D eigenvalue weighted by molar-refractivity contribution is 5.63. The summed E-state index contributed by atoms with van der Waals surface area (Å²) in [5.74, 6) is 0. The van der Waals surface area contributed by atoms with Crippen molar-refractivity contribution >= 4 is 5.69 Å². The highest BCUT2D eigenvalue weighted by Crippen LogP contribution is 2.40. The van der Waals surface area contributed by atoms with Gasteiger partial charge in [-0.25, -0.2) is 0 Å². The van der Waals surface area contributed by atoms with Crippen LogP contribution in [0.2, 0.25) is 0 Å². The molecule has 0 atom stereocenters. The number of fused-ring (bicyclic) bond motifs is 1. The molecular formula is C17H27N. The standard InChI is InChI=1S/C17H27N/c1-5-6-7-8-11-18-13-17(3,4)15-12-14(2)9-10-16(15)18/h9-10,12H,5-8,11,13H2,1-4H3. The van der Waals surface area contributed by atoms with Gasteiger partial charge in [-0.05, 0) is 25.0 Å². The maximum Gasteiger partial charge on any atom is 0.0405 e. The van der Waals surface area contributed by atoms with E-state index in [0.717, 1.165) is 0 Å². The number of anilines is 1. The summed E-state index contributed by atoms with van der Waals surface area (Å²) in [5.41, 5.74) is 4.71. The molecule has 1 aliphatic heterocycles. The monoisotopic (exact) mass is 245 g/mol. The molecule has 1 aromatic rings. The lowest BCUT2D eigenvalue weighted by Gasteiger charge is -2.22. The predicted molar refractivity (Wildman–Crippen MR) is 80.6 cm³/mol. The number of nitrogens with zero attached hydrogens (tertiary/aromatic N) is 1. The minimum absolute atomic E-state index is 0.312. The molecule has 0 saturated heterocycles. The first-order valence-corrected chi connectivity index (χ1v) is 7.40. The molecule has 0 aromatic heterocycles. The number of unbranched alkanes of at least 4 members (excludes halogenated alkanes) is 3. The van der Waals surface area contributed by atoms with Crippen molar-refractivity contribution in [3.05, 3.63) is 29.3 Å². The van der Waals surface area contributed by atoms with Crippen LogP contribution in [0.5, 0.6) is 0 Å². The summed E-state index contributed by atoms with van der Waals surface area (Å²) in [5, 5.41) is 0. The number of rotatable bonds is 5. The highest BCUT2D eigenvalue weighted by atomic mass is 15.2. The van der Waals surface area contributed by atoms with Crippen LogP contribution < -0.4 is 4.90 Å². The van der Waals surface area contributed by atoms with Gasteiger partial charge in [-0.15, -0.1) is 0 Å². The van der Waals surface area contributed by atoms with Crippen LogP contribution in [0.15, 0.2) is 18.2 Å². The molecular weight excluding hydrogens is 218 g/mol. The summed E-state index contributed by atoms with van der Waals surface area (Å²) in [4.78, 5) is 2.59. The Morgan fingerprint density at radius 1 is 1.17 bits per heavy atom. The fourth-order valence-corrected chi connectivity index (χ4v) is 3.04. The number of aryl methyl sites for hydroxylation is 1. The van der Waals surface area contributed by atoms with E-state index in [0.29, 0.717) is 5.41 Å². The summed E-state index contributed by atoms with van der Waals surface area (Å²) in [6.45, 7) is 11.6. The molecule has 1 aliphatic rings. The van der Waals surface area contributed by atoms with Crippen molar-refractivity contribution in [2.75, 3.05) is 18.0 Å². The zero-order chi connectivity index (χ0) is 13.2. The van der Waals surface area contributed by atoms with Gasteiger partial charge in [-0.1, -0.05) is 57.7 Å². The maximum atomic E-state index is 2.59. The SMILES string of the molecule is CCCCCCN1CC(C)(C)c2cc(C)ccc21. The van der Waals surface area contributed by atoms with Crippen LogP contribution in [0.25, 0.3) is 0 Å². The van der Waals surface area contributed by atoms with E-state index >= 15 is 0 Å². The van der Waals surface area contributed by atoms with Gasteiger partial charge in [0, 0.05) is 24.2 Å². The molecule has 1 aromatic carbocycles. The first-order chi connectivity index (χ1) is 8.54. The molecule has 100 valence electrons. The van der Waals surface area contributed by atoms with E-state index in [1.807, 2.05) is 0 Å². The molecule has 0 fully saturated rings. The molecule has 18 heavy (non-hydrogen) atoms. The average Bonchev–Trinajstić information content (AvgIpc) is 2.57. The molecule has 2 rings (SSSR count). The van der Waals surface area contributed by atoms with Gasteiger partial charge >= 0.3 is 0 Å². The third-order valence-corrected chi connectivity index (χ3v) is 4.09. The van der Waals surface area contributed by atoms with E-state index in [1.54, 1.807) is 0 Å². The molecule has 1 nitrogen and oxygen atoms in total. The van der Waals surface area contributed by atoms with Gasteiger partial charge in [0.15, 0.2) is 0 Å². The van der Waals surface area contributed by atoms with Crippen molar-refractivity contribution in [2.24, 2.45) is 0 Å². The van der Waals surface area contributed by atoms with E-state index < -0.39 is 0 Å². The van der Waals surface area contributed by atoms with Gasteiger partial charge in [0.05, 0.1) is 0 Å². The largest absolute Gasteiger partial charge is 0.370 e. The molecule has 0 bridgehead atoms. The van der Waals surface area contributed by atoms with Gasteiger partial charge < -0.3 is 4.90 Å². The third kappa shape index (κ3) is 2.71. The summed E-state index contributed by atoms with van der Waals surface area (Å²) < 4.78 is 0. The summed E-state index contributed by atoms with van der Waals surface area (Å²) >= 11 is 0. The molecule has 0 amide bonds.